The van der Waals surface area contributed by atoms with Crippen molar-refractivity contribution < 1.29 is 0 Å². The van der Waals surface area contributed by atoms with Gasteiger partial charge in [-0.25, -0.2) is 9.97 Å². The minimum Gasteiger partial charge on any atom is -0.384 e. The average molecular weight is 217 g/mol. The van der Waals surface area contributed by atoms with Crippen LogP contribution >= 0.6 is 11.3 Å². The Morgan fingerprint density at radius 3 is 3.20 bits per heavy atom. The first kappa shape index (κ1) is 8.85. The molecule has 0 aromatic carbocycles. The molecule has 2 aromatic rings. The smallest absolute Gasteiger partial charge is 0.141 e. The summed E-state index contributed by atoms with van der Waals surface area (Å²) in [7, 11) is 0. The molecule has 0 saturated heterocycles. The maximum absolute atomic E-state index is 4.64. The third-order valence-corrected chi connectivity index (χ3v) is 3.33. The third kappa shape index (κ3) is 1.61. The van der Waals surface area contributed by atoms with E-state index in [2.05, 4.69) is 21.4 Å². The van der Waals surface area contributed by atoms with E-state index in [0.717, 1.165) is 23.7 Å². The molecule has 0 fully saturated rings. The summed E-state index contributed by atoms with van der Waals surface area (Å²) in [6, 6.07) is 4.15. The highest BCUT2D eigenvalue weighted by atomic mass is 32.1. The molecule has 0 bridgehead atoms. The zero-order valence-electron chi connectivity index (χ0n) is 8.23. The SMILES string of the molecule is c1csc(-c2ccc3c(n2)CCCN3)n1. The van der Waals surface area contributed by atoms with Gasteiger partial charge in [-0.05, 0) is 25.0 Å². The normalized spacial score (nSPS) is 14.4. The largest absolute Gasteiger partial charge is 0.384 e. The first-order valence-electron chi connectivity index (χ1n) is 5.07. The first-order valence-corrected chi connectivity index (χ1v) is 5.95. The molecular weight excluding hydrogens is 206 g/mol. The second-order valence-corrected chi connectivity index (χ2v) is 4.45. The van der Waals surface area contributed by atoms with Crippen LogP contribution in [0.2, 0.25) is 0 Å². The lowest BCUT2D eigenvalue weighted by molar-refractivity contribution is 0.803. The predicted molar refractivity (Wildman–Crippen MR) is 62.2 cm³/mol. The lowest BCUT2D eigenvalue weighted by Gasteiger charge is -2.16. The van der Waals surface area contributed by atoms with Crippen molar-refractivity contribution in [1.82, 2.24) is 9.97 Å². The van der Waals surface area contributed by atoms with E-state index in [1.807, 2.05) is 17.6 Å². The minimum absolute atomic E-state index is 0.993. The second-order valence-electron chi connectivity index (χ2n) is 3.56. The molecule has 15 heavy (non-hydrogen) atoms. The van der Waals surface area contributed by atoms with Gasteiger partial charge in [0.05, 0.1) is 17.1 Å². The Bertz CT molecular complexity index is 465. The third-order valence-electron chi connectivity index (χ3n) is 2.53. The average Bonchev–Trinajstić information content (AvgIpc) is 2.82. The van der Waals surface area contributed by atoms with E-state index in [1.54, 1.807) is 11.3 Å². The zero-order valence-corrected chi connectivity index (χ0v) is 9.05. The topological polar surface area (TPSA) is 37.8 Å². The lowest BCUT2D eigenvalue weighted by Crippen LogP contribution is -2.13. The minimum atomic E-state index is 0.993. The predicted octanol–water partition coefficient (Wildman–Crippen LogP) is 2.56. The van der Waals surface area contributed by atoms with Crippen molar-refractivity contribution in [2.24, 2.45) is 0 Å². The van der Waals surface area contributed by atoms with Gasteiger partial charge in [0.1, 0.15) is 5.01 Å². The van der Waals surface area contributed by atoms with E-state index in [4.69, 9.17) is 0 Å². The summed E-state index contributed by atoms with van der Waals surface area (Å²) in [5, 5.41) is 6.34. The fourth-order valence-electron chi connectivity index (χ4n) is 1.80. The van der Waals surface area contributed by atoms with Crippen molar-refractivity contribution >= 4 is 17.0 Å². The van der Waals surface area contributed by atoms with Crippen LogP contribution in [0.25, 0.3) is 10.7 Å². The molecule has 4 heteroatoms. The van der Waals surface area contributed by atoms with Crippen LogP contribution in [0, 0.1) is 0 Å². The molecular formula is C11H11N3S. The number of hydrogen-bond acceptors (Lipinski definition) is 4. The van der Waals surface area contributed by atoms with Crippen molar-refractivity contribution in [3.8, 4) is 10.7 Å². The molecule has 0 unspecified atom stereocenters. The van der Waals surface area contributed by atoms with E-state index < -0.39 is 0 Å². The maximum atomic E-state index is 4.64. The Morgan fingerprint density at radius 2 is 2.33 bits per heavy atom. The van der Waals surface area contributed by atoms with Gasteiger partial charge in [-0.1, -0.05) is 0 Å². The van der Waals surface area contributed by atoms with Crippen LogP contribution in [-0.4, -0.2) is 16.5 Å². The number of aryl methyl sites for hydroxylation is 1. The first-order chi connectivity index (χ1) is 7.43. The number of fused-ring (bicyclic) bond motifs is 1. The van der Waals surface area contributed by atoms with Gasteiger partial charge in [-0.3, -0.25) is 0 Å². The van der Waals surface area contributed by atoms with E-state index in [9.17, 15) is 0 Å². The number of hydrogen-bond donors (Lipinski definition) is 1. The number of pyridine rings is 1. The van der Waals surface area contributed by atoms with E-state index in [1.165, 1.54) is 17.8 Å². The zero-order chi connectivity index (χ0) is 10.1. The van der Waals surface area contributed by atoms with Crippen LogP contribution in [0.1, 0.15) is 12.1 Å². The number of nitrogens with zero attached hydrogens (tertiary/aromatic N) is 2. The van der Waals surface area contributed by atoms with Crippen molar-refractivity contribution in [1.29, 1.82) is 0 Å². The number of thiazole rings is 1. The van der Waals surface area contributed by atoms with E-state index in [-0.39, 0.29) is 0 Å². The van der Waals surface area contributed by atoms with Crippen molar-refractivity contribution in [2.45, 2.75) is 12.8 Å². The molecule has 3 heterocycles. The molecule has 76 valence electrons. The number of nitrogens with one attached hydrogen (secondary N) is 1. The second kappa shape index (κ2) is 3.62. The molecule has 1 aliphatic rings. The number of anilines is 1. The molecule has 0 amide bonds. The molecule has 3 nitrogen and oxygen atoms in total. The molecule has 0 saturated carbocycles. The van der Waals surface area contributed by atoms with Crippen LogP contribution in [0.15, 0.2) is 23.7 Å². The Morgan fingerprint density at radius 1 is 1.33 bits per heavy atom. The number of aromatic nitrogens is 2. The Balaban J connectivity index is 2.04. The van der Waals surface area contributed by atoms with Crippen LogP contribution < -0.4 is 5.32 Å². The van der Waals surface area contributed by atoms with Gasteiger partial charge in [-0.2, -0.15) is 0 Å². The molecule has 3 rings (SSSR count). The van der Waals surface area contributed by atoms with E-state index >= 15 is 0 Å². The summed E-state index contributed by atoms with van der Waals surface area (Å²) in [5.74, 6) is 0. The van der Waals surface area contributed by atoms with Crippen molar-refractivity contribution in [2.75, 3.05) is 11.9 Å². The quantitative estimate of drug-likeness (QED) is 0.797. The van der Waals surface area contributed by atoms with Gasteiger partial charge in [0.2, 0.25) is 0 Å². The van der Waals surface area contributed by atoms with Crippen molar-refractivity contribution in [3.63, 3.8) is 0 Å². The Labute approximate surface area is 92.2 Å². The summed E-state index contributed by atoms with van der Waals surface area (Å²) in [6.45, 7) is 1.06. The summed E-state index contributed by atoms with van der Waals surface area (Å²) >= 11 is 1.63. The van der Waals surface area contributed by atoms with Gasteiger partial charge in [-0.15, -0.1) is 11.3 Å². The standard InChI is InChI=1S/C11H11N3S/c1-2-9-8(12-5-1)3-4-10(14-9)11-13-6-7-15-11/h3-4,6-7,12H,1-2,5H2. The van der Waals surface area contributed by atoms with Crippen LogP contribution in [0.5, 0.6) is 0 Å². The molecule has 1 aliphatic heterocycles. The molecule has 1 N–H and O–H groups in total. The maximum Gasteiger partial charge on any atom is 0.141 e. The Hall–Kier alpha value is -1.42. The van der Waals surface area contributed by atoms with Gasteiger partial charge < -0.3 is 5.32 Å². The monoisotopic (exact) mass is 217 g/mol. The highest BCUT2D eigenvalue weighted by Gasteiger charge is 2.11. The fourth-order valence-corrected chi connectivity index (χ4v) is 2.41. The van der Waals surface area contributed by atoms with Crippen LogP contribution in [0.4, 0.5) is 5.69 Å². The van der Waals surface area contributed by atoms with Crippen LogP contribution in [-0.2, 0) is 6.42 Å². The molecule has 0 aliphatic carbocycles. The Kier molecular flexibility index (Phi) is 2.14. The van der Waals surface area contributed by atoms with Gasteiger partial charge in [0.25, 0.3) is 0 Å². The highest BCUT2D eigenvalue weighted by molar-refractivity contribution is 7.13. The summed E-state index contributed by atoms with van der Waals surface area (Å²) in [4.78, 5) is 8.91. The van der Waals surface area contributed by atoms with E-state index in [0.29, 0.717) is 0 Å². The summed E-state index contributed by atoms with van der Waals surface area (Å²) in [5.41, 5.74) is 3.35. The van der Waals surface area contributed by atoms with Gasteiger partial charge in [0.15, 0.2) is 0 Å². The molecule has 0 radical (unpaired) electrons. The summed E-state index contributed by atoms with van der Waals surface area (Å²) in [6.07, 6.45) is 4.06. The highest BCUT2D eigenvalue weighted by Crippen LogP contribution is 2.25. The molecule has 0 atom stereocenters. The van der Waals surface area contributed by atoms with Gasteiger partial charge >= 0.3 is 0 Å². The summed E-state index contributed by atoms with van der Waals surface area (Å²) < 4.78 is 0. The number of rotatable bonds is 1. The van der Waals surface area contributed by atoms with Crippen LogP contribution in [0.3, 0.4) is 0 Å². The molecule has 2 aromatic heterocycles. The lowest BCUT2D eigenvalue weighted by atomic mass is 10.1. The van der Waals surface area contributed by atoms with Crippen molar-refractivity contribution in [3.05, 3.63) is 29.4 Å². The fraction of sp³-hybridized carbons (Fsp3) is 0.273. The van der Waals surface area contributed by atoms with Gasteiger partial charge in [0, 0.05) is 18.1 Å². The molecule has 0 spiro atoms.